The monoisotopic (exact) mass is 460 g/mol. The Kier molecular flexibility index (Phi) is 6.48. The first-order chi connectivity index (χ1) is 14.9. The molecule has 2 aliphatic heterocycles. The van der Waals surface area contributed by atoms with Gasteiger partial charge in [0.25, 0.3) is 5.91 Å². The number of nitrogens with zero attached hydrogens (tertiary/aromatic N) is 3. The first kappa shape index (κ1) is 21.6. The highest BCUT2D eigenvalue weighted by Crippen LogP contribution is 2.27. The molecule has 2 amide bonds. The highest BCUT2D eigenvalue weighted by atomic mass is 35.5. The average molecular weight is 461 g/mol. The Morgan fingerprint density at radius 2 is 1.94 bits per heavy atom. The van der Waals surface area contributed by atoms with E-state index in [2.05, 4.69) is 29.1 Å². The molecule has 0 radical (unpaired) electrons. The van der Waals surface area contributed by atoms with Crippen LogP contribution in [0.2, 0.25) is 4.34 Å². The Morgan fingerprint density at radius 3 is 2.58 bits per heavy atom. The lowest BCUT2D eigenvalue weighted by Crippen LogP contribution is -2.34. The first-order valence-corrected chi connectivity index (χ1v) is 11.5. The van der Waals surface area contributed by atoms with Crippen molar-refractivity contribution in [3.05, 3.63) is 45.6 Å². The number of anilines is 2. The third kappa shape index (κ3) is 5.02. The zero-order valence-corrected chi connectivity index (χ0v) is 19.1. The number of thiophene rings is 1. The van der Waals surface area contributed by atoms with E-state index in [1.54, 1.807) is 17.0 Å². The van der Waals surface area contributed by atoms with Crippen molar-refractivity contribution in [1.29, 1.82) is 0 Å². The van der Waals surface area contributed by atoms with Crippen LogP contribution in [0.4, 0.5) is 16.2 Å². The number of ether oxygens (including phenoxy) is 1. The smallest absolute Gasteiger partial charge is 0.414 e. The lowest BCUT2D eigenvalue weighted by molar-refractivity contribution is 0.0920. The van der Waals surface area contributed by atoms with Gasteiger partial charge >= 0.3 is 6.09 Å². The van der Waals surface area contributed by atoms with Gasteiger partial charge in [-0.3, -0.25) is 14.7 Å². The number of carbonyl (C=O) groups excluding carboxylic acids is 2. The molecule has 31 heavy (non-hydrogen) atoms. The highest BCUT2D eigenvalue weighted by molar-refractivity contribution is 7.18. The number of cyclic esters (lactones) is 1. The van der Waals surface area contributed by atoms with Crippen LogP contribution in [0, 0.1) is 5.92 Å². The molecule has 9 heteroatoms. The van der Waals surface area contributed by atoms with Crippen LogP contribution in [0.15, 0.2) is 41.4 Å². The van der Waals surface area contributed by atoms with E-state index in [4.69, 9.17) is 16.3 Å². The first-order valence-electron chi connectivity index (χ1n) is 10.3. The van der Waals surface area contributed by atoms with E-state index in [0.717, 1.165) is 36.7 Å². The van der Waals surface area contributed by atoms with Gasteiger partial charge in [0.2, 0.25) is 0 Å². The summed E-state index contributed by atoms with van der Waals surface area (Å²) in [7, 11) is 0. The van der Waals surface area contributed by atoms with E-state index < -0.39 is 12.2 Å². The van der Waals surface area contributed by atoms with Crippen molar-refractivity contribution in [2.24, 2.45) is 10.9 Å². The Balaban J connectivity index is 1.35. The maximum atomic E-state index is 12.4. The number of carbonyl (C=O) groups is 2. The van der Waals surface area contributed by atoms with Crippen molar-refractivity contribution in [2.45, 2.75) is 26.4 Å². The molecular weight excluding hydrogens is 436 g/mol. The molecule has 2 aromatic rings. The van der Waals surface area contributed by atoms with Crippen molar-refractivity contribution in [3.63, 3.8) is 0 Å². The highest BCUT2D eigenvalue weighted by Gasteiger charge is 2.33. The van der Waals surface area contributed by atoms with Gasteiger partial charge in [-0.05, 0) is 42.3 Å². The third-order valence-corrected chi connectivity index (χ3v) is 6.38. The van der Waals surface area contributed by atoms with E-state index in [0.29, 0.717) is 21.7 Å². The molecule has 1 aromatic carbocycles. The van der Waals surface area contributed by atoms with Crippen LogP contribution < -0.4 is 15.1 Å². The molecule has 1 atom stereocenters. The van der Waals surface area contributed by atoms with Crippen molar-refractivity contribution in [2.75, 3.05) is 36.0 Å². The predicted octanol–water partition coefficient (Wildman–Crippen LogP) is 4.42. The van der Waals surface area contributed by atoms with Crippen LogP contribution in [0.25, 0.3) is 0 Å². The van der Waals surface area contributed by atoms with E-state index in [-0.39, 0.29) is 12.5 Å². The molecule has 164 valence electrons. The number of hydrogen-bond acceptors (Lipinski definition) is 6. The summed E-state index contributed by atoms with van der Waals surface area (Å²) in [6.45, 7) is 6.70. The van der Waals surface area contributed by atoms with Crippen LogP contribution in [0.5, 0.6) is 0 Å². The number of halogens is 1. The zero-order chi connectivity index (χ0) is 22.0. The SMILES string of the molecule is CC(C)CC1=NCCN1c1ccc(N2C[C@H](CNC(=O)c3ccc(Cl)s3)OC2=O)cc1. The van der Waals surface area contributed by atoms with Crippen molar-refractivity contribution in [1.82, 2.24) is 5.32 Å². The van der Waals surface area contributed by atoms with Gasteiger partial charge in [0.05, 0.1) is 28.8 Å². The molecule has 1 N–H and O–H groups in total. The van der Waals surface area contributed by atoms with E-state index in [9.17, 15) is 9.59 Å². The molecule has 4 rings (SSSR count). The van der Waals surface area contributed by atoms with Crippen LogP contribution >= 0.6 is 22.9 Å². The molecule has 0 aliphatic carbocycles. The molecule has 3 heterocycles. The Labute approximate surface area is 190 Å². The number of amides is 2. The van der Waals surface area contributed by atoms with E-state index >= 15 is 0 Å². The second kappa shape index (κ2) is 9.28. The molecular formula is C22H25ClN4O3S. The van der Waals surface area contributed by atoms with Gasteiger partial charge in [-0.2, -0.15) is 0 Å². The van der Waals surface area contributed by atoms with Crippen LogP contribution in [0.3, 0.4) is 0 Å². The lowest BCUT2D eigenvalue weighted by Gasteiger charge is -2.22. The summed E-state index contributed by atoms with van der Waals surface area (Å²) in [5, 5.41) is 2.80. The van der Waals surface area contributed by atoms with Gasteiger partial charge < -0.3 is 15.0 Å². The fraction of sp³-hybridized carbons (Fsp3) is 0.409. The molecule has 7 nitrogen and oxygen atoms in total. The number of benzene rings is 1. The van der Waals surface area contributed by atoms with Gasteiger partial charge in [0.15, 0.2) is 0 Å². The molecule has 2 aliphatic rings. The van der Waals surface area contributed by atoms with Gasteiger partial charge in [-0.25, -0.2) is 4.79 Å². The number of rotatable bonds is 7. The molecule has 0 saturated carbocycles. The minimum absolute atomic E-state index is 0.222. The maximum Gasteiger partial charge on any atom is 0.414 e. The maximum absolute atomic E-state index is 12.4. The summed E-state index contributed by atoms with van der Waals surface area (Å²) in [5.41, 5.74) is 1.85. The second-order valence-electron chi connectivity index (χ2n) is 7.99. The van der Waals surface area contributed by atoms with E-state index in [1.807, 2.05) is 24.3 Å². The Hall–Kier alpha value is -2.58. The van der Waals surface area contributed by atoms with E-state index in [1.165, 1.54) is 11.3 Å². The van der Waals surface area contributed by atoms with Crippen molar-refractivity contribution in [3.8, 4) is 0 Å². The quantitative estimate of drug-likeness (QED) is 0.663. The molecule has 0 unspecified atom stereocenters. The fourth-order valence-corrected chi connectivity index (χ4v) is 4.65. The predicted molar refractivity (Wildman–Crippen MR) is 125 cm³/mol. The standard InChI is InChI=1S/C22H25ClN4O3S/c1-14(2)11-20-24-9-10-26(20)15-3-5-16(6-4-15)27-13-17(30-22(27)29)12-25-21(28)18-7-8-19(23)31-18/h3-8,14,17H,9-13H2,1-2H3,(H,25,28)/t17-/m0/s1. The number of amidine groups is 1. The van der Waals surface area contributed by atoms with Gasteiger partial charge in [0.1, 0.15) is 11.9 Å². The minimum atomic E-state index is -0.408. The van der Waals surface area contributed by atoms with Crippen LogP contribution in [-0.2, 0) is 4.74 Å². The lowest BCUT2D eigenvalue weighted by atomic mass is 10.1. The summed E-state index contributed by atoms with van der Waals surface area (Å²) in [6.07, 6.45) is 0.134. The minimum Gasteiger partial charge on any atom is -0.442 e. The zero-order valence-electron chi connectivity index (χ0n) is 17.5. The van der Waals surface area contributed by atoms with Gasteiger partial charge in [-0.15, -0.1) is 11.3 Å². The molecule has 0 spiro atoms. The fourth-order valence-electron chi connectivity index (χ4n) is 3.69. The van der Waals surface area contributed by atoms with Crippen LogP contribution in [-0.4, -0.2) is 50.1 Å². The normalized spacial score (nSPS) is 18.5. The molecule has 0 bridgehead atoms. The van der Waals surface area contributed by atoms with Crippen molar-refractivity contribution < 1.29 is 14.3 Å². The Morgan fingerprint density at radius 1 is 1.23 bits per heavy atom. The van der Waals surface area contributed by atoms with Gasteiger partial charge in [-0.1, -0.05) is 25.4 Å². The van der Waals surface area contributed by atoms with Crippen LogP contribution in [0.1, 0.15) is 29.9 Å². The summed E-state index contributed by atoms with van der Waals surface area (Å²) < 4.78 is 5.99. The topological polar surface area (TPSA) is 74.2 Å². The summed E-state index contributed by atoms with van der Waals surface area (Å²) in [4.78, 5) is 33.5. The third-order valence-electron chi connectivity index (χ3n) is 5.15. The Bertz CT molecular complexity index is 989. The van der Waals surface area contributed by atoms with Crippen molar-refractivity contribution >= 4 is 52.1 Å². The number of hydrogen-bond donors (Lipinski definition) is 1. The summed E-state index contributed by atoms with van der Waals surface area (Å²) >= 11 is 7.09. The number of aliphatic imine (C=N–C) groups is 1. The molecule has 1 aromatic heterocycles. The average Bonchev–Trinajstić information content (AvgIpc) is 3.46. The molecule has 1 saturated heterocycles. The second-order valence-corrected chi connectivity index (χ2v) is 9.71. The molecule has 1 fully saturated rings. The summed E-state index contributed by atoms with van der Waals surface area (Å²) in [5.74, 6) is 1.44. The summed E-state index contributed by atoms with van der Waals surface area (Å²) in [6, 6.07) is 11.2. The van der Waals surface area contributed by atoms with Gasteiger partial charge in [0, 0.05) is 24.3 Å². The largest absolute Gasteiger partial charge is 0.442 e. The number of nitrogens with one attached hydrogen (secondary N) is 1.